The molecule has 0 saturated carbocycles. The first-order chi connectivity index (χ1) is 7.63. The van der Waals surface area contributed by atoms with Gasteiger partial charge in [0, 0.05) is 19.2 Å². The minimum Gasteiger partial charge on any atom is -0.383 e. The lowest BCUT2D eigenvalue weighted by atomic mass is 10.1. The Labute approximate surface area is 102 Å². The molecule has 0 aromatic carbocycles. The summed E-state index contributed by atoms with van der Waals surface area (Å²) >= 11 is 0. The van der Waals surface area contributed by atoms with E-state index in [1.165, 1.54) is 19.3 Å². The molecule has 3 nitrogen and oxygen atoms in total. The zero-order chi connectivity index (χ0) is 12.4. The van der Waals surface area contributed by atoms with Crippen molar-refractivity contribution in [3.63, 3.8) is 0 Å². The second-order valence-electron chi connectivity index (χ2n) is 4.71. The third kappa shape index (κ3) is 7.20. The summed E-state index contributed by atoms with van der Waals surface area (Å²) in [6.07, 6.45) is 3.73. The standard InChI is InChI=1S/C13H30N2O/c1-6-9-14-10-7-8-12(2)15(4)13(3)11-16-5/h12-14H,6-11H2,1-5H3. The first-order valence-electron chi connectivity index (χ1n) is 6.55. The molecule has 2 atom stereocenters. The Bertz CT molecular complexity index is 153. The van der Waals surface area contributed by atoms with Gasteiger partial charge in [0.15, 0.2) is 0 Å². The lowest BCUT2D eigenvalue weighted by Crippen LogP contribution is -2.39. The van der Waals surface area contributed by atoms with Crippen molar-refractivity contribution in [3.05, 3.63) is 0 Å². The molecule has 2 unspecified atom stereocenters. The van der Waals surface area contributed by atoms with Gasteiger partial charge < -0.3 is 10.1 Å². The average Bonchev–Trinajstić information content (AvgIpc) is 2.27. The van der Waals surface area contributed by atoms with Crippen LogP contribution in [0.2, 0.25) is 0 Å². The van der Waals surface area contributed by atoms with Crippen molar-refractivity contribution in [2.45, 2.75) is 52.1 Å². The van der Waals surface area contributed by atoms with E-state index in [1.54, 1.807) is 7.11 Å². The number of hydrogen-bond acceptors (Lipinski definition) is 3. The average molecular weight is 230 g/mol. The Morgan fingerprint density at radius 3 is 2.44 bits per heavy atom. The molecule has 0 heterocycles. The van der Waals surface area contributed by atoms with Crippen LogP contribution in [0.15, 0.2) is 0 Å². The maximum atomic E-state index is 5.18. The van der Waals surface area contributed by atoms with E-state index in [4.69, 9.17) is 4.74 Å². The Kier molecular flexibility index (Phi) is 9.99. The zero-order valence-corrected chi connectivity index (χ0v) is 11.8. The summed E-state index contributed by atoms with van der Waals surface area (Å²) in [5.41, 5.74) is 0. The maximum absolute atomic E-state index is 5.18. The van der Waals surface area contributed by atoms with Crippen LogP contribution in [-0.4, -0.2) is 50.8 Å². The lowest BCUT2D eigenvalue weighted by Gasteiger charge is -2.30. The number of methoxy groups -OCH3 is 1. The van der Waals surface area contributed by atoms with Crippen LogP contribution in [0.3, 0.4) is 0 Å². The molecule has 0 rings (SSSR count). The summed E-state index contributed by atoms with van der Waals surface area (Å²) in [5.74, 6) is 0. The fourth-order valence-electron chi connectivity index (χ4n) is 1.82. The molecule has 1 N–H and O–H groups in total. The van der Waals surface area contributed by atoms with Gasteiger partial charge in [-0.15, -0.1) is 0 Å². The van der Waals surface area contributed by atoms with E-state index in [0.29, 0.717) is 12.1 Å². The maximum Gasteiger partial charge on any atom is 0.0615 e. The summed E-state index contributed by atoms with van der Waals surface area (Å²) in [7, 11) is 3.96. The van der Waals surface area contributed by atoms with Gasteiger partial charge in [0.05, 0.1) is 6.61 Å². The molecular weight excluding hydrogens is 200 g/mol. The first kappa shape index (κ1) is 15.9. The van der Waals surface area contributed by atoms with Gasteiger partial charge in [-0.1, -0.05) is 6.92 Å². The van der Waals surface area contributed by atoms with E-state index < -0.39 is 0 Å². The molecule has 0 aliphatic carbocycles. The van der Waals surface area contributed by atoms with Gasteiger partial charge in [-0.05, 0) is 53.2 Å². The molecule has 0 aliphatic rings. The highest BCUT2D eigenvalue weighted by Gasteiger charge is 2.14. The van der Waals surface area contributed by atoms with Gasteiger partial charge >= 0.3 is 0 Å². The number of nitrogens with one attached hydrogen (secondary N) is 1. The molecule has 0 radical (unpaired) electrons. The summed E-state index contributed by atoms with van der Waals surface area (Å²) in [4.78, 5) is 2.41. The molecule has 0 aliphatic heterocycles. The second kappa shape index (κ2) is 10.1. The number of ether oxygens (including phenoxy) is 1. The summed E-state index contributed by atoms with van der Waals surface area (Å²) in [6.45, 7) is 9.82. The Morgan fingerprint density at radius 1 is 1.19 bits per heavy atom. The van der Waals surface area contributed by atoms with E-state index in [2.05, 4.69) is 38.0 Å². The Balaban J connectivity index is 3.58. The number of hydrogen-bond donors (Lipinski definition) is 1. The van der Waals surface area contributed by atoms with Crippen LogP contribution in [0.5, 0.6) is 0 Å². The van der Waals surface area contributed by atoms with Gasteiger partial charge in [0.1, 0.15) is 0 Å². The van der Waals surface area contributed by atoms with Gasteiger partial charge in [-0.25, -0.2) is 0 Å². The van der Waals surface area contributed by atoms with Crippen LogP contribution in [0, 0.1) is 0 Å². The van der Waals surface area contributed by atoms with E-state index in [0.717, 1.165) is 19.7 Å². The van der Waals surface area contributed by atoms with Crippen LogP contribution in [0.25, 0.3) is 0 Å². The summed E-state index contributed by atoms with van der Waals surface area (Å²) in [6, 6.07) is 1.14. The molecule has 0 amide bonds. The van der Waals surface area contributed by atoms with Gasteiger partial charge in [-0.3, -0.25) is 4.90 Å². The van der Waals surface area contributed by atoms with E-state index in [9.17, 15) is 0 Å². The van der Waals surface area contributed by atoms with Crippen LogP contribution < -0.4 is 5.32 Å². The SMILES string of the molecule is CCCNCCCC(C)N(C)C(C)COC. The molecule has 3 heteroatoms. The van der Waals surface area contributed by atoms with Gasteiger partial charge in [-0.2, -0.15) is 0 Å². The molecule has 0 bridgehead atoms. The molecule has 0 fully saturated rings. The molecule has 0 spiro atoms. The van der Waals surface area contributed by atoms with E-state index in [-0.39, 0.29) is 0 Å². The highest BCUT2D eigenvalue weighted by molar-refractivity contribution is 4.70. The number of likely N-dealkylation sites (N-methyl/N-ethyl adjacent to an activating group) is 1. The van der Waals surface area contributed by atoms with Crippen molar-refractivity contribution in [2.24, 2.45) is 0 Å². The fourth-order valence-corrected chi connectivity index (χ4v) is 1.82. The van der Waals surface area contributed by atoms with Gasteiger partial charge in [0.25, 0.3) is 0 Å². The minimum absolute atomic E-state index is 0.503. The quantitative estimate of drug-likeness (QED) is 0.582. The Hall–Kier alpha value is -0.120. The summed E-state index contributed by atoms with van der Waals surface area (Å²) in [5, 5.41) is 3.44. The molecule has 98 valence electrons. The normalized spacial score (nSPS) is 15.4. The van der Waals surface area contributed by atoms with Gasteiger partial charge in [0.2, 0.25) is 0 Å². The van der Waals surface area contributed by atoms with Crippen molar-refractivity contribution in [2.75, 3.05) is 33.9 Å². The fraction of sp³-hybridized carbons (Fsp3) is 1.00. The van der Waals surface area contributed by atoms with Crippen molar-refractivity contribution in [1.29, 1.82) is 0 Å². The predicted molar refractivity (Wildman–Crippen MR) is 71.0 cm³/mol. The molecule has 0 saturated heterocycles. The predicted octanol–water partition coefficient (Wildman–Crippen LogP) is 2.12. The van der Waals surface area contributed by atoms with E-state index in [1.807, 2.05) is 0 Å². The van der Waals surface area contributed by atoms with Crippen molar-refractivity contribution >= 4 is 0 Å². The van der Waals surface area contributed by atoms with Crippen LogP contribution in [0.1, 0.15) is 40.0 Å². The third-order valence-corrected chi connectivity index (χ3v) is 3.20. The molecule has 16 heavy (non-hydrogen) atoms. The van der Waals surface area contributed by atoms with Crippen LogP contribution >= 0.6 is 0 Å². The highest BCUT2D eigenvalue weighted by atomic mass is 16.5. The number of rotatable bonds is 10. The largest absolute Gasteiger partial charge is 0.383 e. The molecule has 0 aromatic heterocycles. The summed E-state index contributed by atoms with van der Waals surface area (Å²) < 4.78 is 5.18. The van der Waals surface area contributed by atoms with E-state index >= 15 is 0 Å². The first-order valence-corrected chi connectivity index (χ1v) is 6.55. The topological polar surface area (TPSA) is 24.5 Å². The lowest BCUT2D eigenvalue weighted by molar-refractivity contribution is 0.0907. The van der Waals surface area contributed by atoms with Crippen LogP contribution in [-0.2, 0) is 4.74 Å². The second-order valence-corrected chi connectivity index (χ2v) is 4.71. The van der Waals surface area contributed by atoms with Crippen LogP contribution in [0.4, 0.5) is 0 Å². The minimum atomic E-state index is 0.503. The third-order valence-electron chi connectivity index (χ3n) is 3.20. The van der Waals surface area contributed by atoms with Crippen molar-refractivity contribution in [1.82, 2.24) is 10.2 Å². The smallest absolute Gasteiger partial charge is 0.0615 e. The Morgan fingerprint density at radius 2 is 1.88 bits per heavy atom. The number of nitrogens with zero attached hydrogens (tertiary/aromatic N) is 1. The van der Waals surface area contributed by atoms with Crippen molar-refractivity contribution < 1.29 is 4.74 Å². The van der Waals surface area contributed by atoms with Crippen molar-refractivity contribution in [3.8, 4) is 0 Å². The molecular formula is C13H30N2O. The zero-order valence-electron chi connectivity index (χ0n) is 11.8. The molecule has 0 aromatic rings. The monoisotopic (exact) mass is 230 g/mol. The highest BCUT2D eigenvalue weighted by Crippen LogP contribution is 2.08.